The fraction of sp³-hybridized carbons (Fsp3) is 0.619. The molecule has 1 fully saturated rings. The molecule has 2 aliphatic heterocycles. The zero-order valence-corrected chi connectivity index (χ0v) is 18.7. The Kier molecular flexibility index (Phi) is 7.60. The molecular weight excluding hydrogens is 414 g/mol. The van der Waals surface area contributed by atoms with Crippen molar-refractivity contribution in [1.29, 1.82) is 0 Å². The van der Waals surface area contributed by atoms with Gasteiger partial charge in [-0.25, -0.2) is 19.8 Å². The minimum absolute atomic E-state index is 0.151. The largest absolute Gasteiger partial charge is 0.481 e. The topological polar surface area (TPSA) is 140 Å². The molecule has 0 aliphatic carbocycles. The van der Waals surface area contributed by atoms with Crippen molar-refractivity contribution in [2.24, 2.45) is 4.99 Å². The number of guanidine groups is 1. The average Bonchev–Trinajstić information content (AvgIpc) is 3.06. The third kappa shape index (κ3) is 6.14. The molecule has 3 atom stereocenters. The molecule has 3 N–H and O–H groups in total. The molecule has 11 heteroatoms. The first kappa shape index (κ1) is 23.4. The van der Waals surface area contributed by atoms with Crippen LogP contribution in [0.4, 0.5) is 4.79 Å². The van der Waals surface area contributed by atoms with Crippen LogP contribution in [-0.4, -0.2) is 80.5 Å². The van der Waals surface area contributed by atoms with E-state index in [1.807, 2.05) is 13.8 Å². The van der Waals surface area contributed by atoms with Gasteiger partial charge in [0.1, 0.15) is 5.82 Å². The summed E-state index contributed by atoms with van der Waals surface area (Å²) in [7, 11) is 0. The van der Waals surface area contributed by atoms with Crippen molar-refractivity contribution >= 4 is 23.9 Å². The minimum atomic E-state index is -0.999. The van der Waals surface area contributed by atoms with Crippen LogP contribution < -0.4 is 10.6 Å². The first-order chi connectivity index (χ1) is 15.2. The highest BCUT2D eigenvalue weighted by molar-refractivity contribution is 5.97. The molecule has 0 spiro atoms. The van der Waals surface area contributed by atoms with Crippen LogP contribution in [0.5, 0.6) is 0 Å². The molecule has 11 nitrogen and oxygen atoms in total. The van der Waals surface area contributed by atoms with Gasteiger partial charge < -0.3 is 20.2 Å². The van der Waals surface area contributed by atoms with E-state index in [2.05, 4.69) is 25.6 Å². The fourth-order valence-electron chi connectivity index (χ4n) is 4.05. The van der Waals surface area contributed by atoms with Gasteiger partial charge in [-0.1, -0.05) is 0 Å². The highest BCUT2D eigenvalue weighted by atomic mass is 16.4. The number of aryl methyl sites for hydroxylation is 1. The van der Waals surface area contributed by atoms with Gasteiger partial charge in [-0.15, -0.1) is 0 Å². The van der Waals surface area contributed by atoms with Gasteiger partial charge in [0, 0.05) is 50.1 Å². The van der Waals surface area contributed by atoms with Crippen molar-refractivity contribution in [1.82, 2.24) is 30.4 Å². The standard InChI is InChI=1S/C21H31N7O4/c1-13-9-14(2)25-20(24-13)26-18(29)5-4-6-27-7-8-28(21(27)32)17(10-19(30)31)16-11-22-15(3)23-12-16/h11-14,17H,4-10H2,1-3H3,(H,30,31)(H2,24,25,26,29)/t13-,14-,17-/m0/s1. The molecule has 3 amide bonds. The maximum Gasteiger partial charge on any atom is 0.320 e. The summed E-state index contributed by atoms with van der Waals surface area (Å²) in [4.78, 5) is 52.4. The quantitative estimate of drug-likeness (QED) is 0.543. The highest BCUT2D eigenvalue weighted by Gasteiger charge is 2.35. The number of aliphatic carboxylic acids is 1. The van der Waals surface area contributed by atoms with E-state index in [9.17, 15) is 19.5 Å². The van der Waals surface area contributed by atoms with Crippen molar-refractivity contribution in [3.8, 4) is 0 Å². The third-order valence-corrected chi connectivity index (χ3v) is 5.57. The molecule has 32 heavy (non-hydrogen) atoms. The van der Waals surface area contributed by atoms with Crippen LogP contribution in [-0.2, 0) is 9.59 Å². The van der Waals surface area contributed by atoms with Gasteiger partial charge in [-0.3, -0.25) is 14.9 Å². The molecule has 1 aromatic rings. The molecule has 0 aromatic carbocycles. The van der Waals surface area contributed by atoms with E-state index in [1.165, 1.54) is 0 Å². The van der Waals surface area contributed by atoms with E-state index in [-0.39, 0.29) is 36.9 Å². The van der Waals surface area contributed by atoms with Crippen LogP contribution in [0.2, 0.25) is 0 Å². The van der Waals surface area contributed by atoms with Gasteiger partial charge >= 0.3 is 12.0 Å². The molecule has 174 valence electrons. The number of nitrogens with one attached hydrogen (secondary N) is 2. The average molecular weight is 446 g/mol. The summed E-state index contributed by atoms with van der Waals surface area (Å²) in [6.07, 6.45) is 4.60. The molecule has 3 rings (SSSR count). The molecule has 1 aromatic heterocycles. The fourth-order valence-corrected chi connectivity index (χ4v) is 4.05. The number of hydrogen-bond donors (Lipinski definition) is 3. The van der Waals surface area contributed by atoms with Crippen molar-refractivity contribution in [2.75, 3.05) is 19.6 Å². The Morgan fingerprint density at radius 3 is 2.66 bits per heavy atom. The Balaban J connectivity index is 1.52. The molecule has 0 saturated carbocycles. The number of carboxylic acids is 1. The predicted octanol–water partition coefficient (Wildman–Crippen LogP) is 1.06. The van der Waals surface area contributed by atoms with Gasteiger partial charge in [-0.2, -0.15) is 0 Å². The first-order valence-electron chi connectivity index (χ1n) is 10.9. The number of rotatable bonds is 8. The smallest absolute Gasteiger partial charge is 0.320 e. The Morgan fingerprint density at radius 2 is 2.00 bits per heavy atom. The highest BCUT2D eigenvalue weighted by Crippen LogP contribution is 2.27. The molecule has 0 radical (unpaired) electrons. The van der Waals surface area contributed by atoms with E-state index in [0.717, 1.165) is 6.42 Å². The lowest BCUT2D eigenvalue weighted by atomic mass is 10.1. The molecule has 0 unspecified atom stereocenters. The summed E-state index contributed by atoms with van der Waals surface area (Å²) in [6.45, 7) is 7.10. The van der Waals surface area contributed by atoms with E-state index >= 15 is 0 Å². The number of carbonyl (C=O) groups is 3. The predicted molar refractivity (Wildman–Crippen MR) is 117 cm³/mol. The zero-order chi connectivity index (χ0) is 23.3. The normalized spacial score (nSPS) is 21.7. The number of carbonyl (C=O) groups excluding carboxylic acids is 2. The monoisotopic (exact) mass is 445 g/mol. The molecule has 3 heterocycles. The Morgan fingerprint density at radius 1 is 1.28 bits per heavy atom. The summed E-state index contributed by atoms with van der Waals surface area (Å²) in [5.74, 6) is -0.0711. The van der Waals surface area contributed by atoms with E-state index in [4.69, 9.17) is 0 Å². The summed E-state index contributed by atoms with van der Waals surface area (Å²) >= 11 is 0. The third-order valence-electron chi connectivity index (χ3n) is 5.57. The number of urea groups is 1. The summed E-state index contributed by atoms with van der Waals surface area (Å²) in [5, 5.41) is 15.3. The van der Waals surface area contributed by atoms with Crippen LogP contribution >= 0.6 is 0 Å². The first-order valence-corrected chi connectivity index (χ1v) is 10.9. The number of carboxylic acid groups (broad SMARTS) is 1. The molecule has 1 saturated heterocycles. The summed E-state index contributed by atoms with van der Waals surface area (Å²) in [5.41, 5.74) is 0.594. The lowest BCUT2D eigenvalue weighted by Crippen LogP contribution is -2.49. The van der Waals surface area contributed by atoms with Crippen LogP contribution in [0.1, 0.15) is 57.0 Å². The van der Waals surface area contributed by atoms with Gasteiger partial charge in [0.2, 0.25) is 5.91 Å². The molecular formula is C21H31N7O4. The van der Waals surface area contributed by atoms with Crippen molar-refractivity contribution in [2.45, 2.75) is 64.6 Å². The number of hydrogen-bond acceptors (Lipinski definition) is 7. The second kappa shape index (κ2) is 10.4. The number of nitrogens with zero attached hydrogens (tertiary/aromatic N) is 5. The van der Waals surface area contributed by atoms with Crippen molar-refractivity contribution < 1.29 is 19.5 Å². The Labute approximate surface area is 187 Å². The van der Waals surface area contributed by atoms with Crippen LogP contribution in [0, 0.1) is 6.92 Å². The van der Waals surface area contributed by atoms with E-state index < -0.39 is 12.0 Å². The molecule has 0 bridgehead atoms. The maximum atomic E-state index is 12.9. The van der Waals surface area contributed by atoms with Gasteiger partial charge in [0.05, 0.1) is 18.5 Å². The SMILES string of the molecule is Cc1ncc([C@H](CC(=O)O)N2CCN(CCCC(=O)NC3=N[C@@H](C)C[C@H](C)N3)C2=O)cn1. The second-order valence-electron chi connectivity index (χ2n) is 8.40. The van der Waals surface area contributed by atoms with Crippen LogP contribution in [0.3, 0.4) is 0 Å². The lowest BCUT2D eigenvalue weighted by Gasteiger charge is -2.27. The van der Waals surface area contributed by atoms with Crippen molar-refractivity contribution in [3.05, 3.63) is 23.8 Å². The van der Waals surface area contributed by atoms with Crippen LogP contribution in [0.25, 0.3) is 0 Å². The van der Waals surface area contributed by atoms with Gasteiger partial charge in [-0.05, 0) is 33.6 Å². The van der Waals surface area contributed by atoms with E-state index in [0.29, 0.717) is 43.4 Å². The minimum Gasteiger partial charge on any atom is -0.481 e. The maximum absolute atomic E-state index is 12.9. The lowest BCUT2D eigenvalue weighted by molar-refractivity contribution is -0.138. The second-order valence-corrected chi connectivity index (χ2v) is 8.40. The summed E-state index contributed by atoms with van der Waals surface area (Å²) < 4.78 is 0. The van der Waals surface area contributed by atoms with Crippen LogP contribution in [0.15, 0.2) is 17.4 Å². The molecule has 2 aliphatic rings. The Hall–Kier alpha value is -3.24. The Bertz CT molecular complexity index is 873. The van der Waals surface area contributed by atoms with Crippen molar-refractivity contribution in [3.63, 3.8) is 0 Å². The summed E-state index contributed by atoms with van der Waals surface area (Å²) in [6, 6.07) is -0.456. The number of aromatic nitrogens is 2. The van der Waals surface area contributed by atoms with Gasteiger partial charge in [0.15, 0.2) is 5.96 Å². The van der Waals surface area contributed by atoms with E-state index in [1.54, 1.807) is 29.1 Å². The van der Waals surface area contributed by atoms with Gasteiger partial charge in [0.25, 0.3) is 0 Å². The number of aliphatic imine (C=N–C) groups is 1. The number of amides is 3. The zero-order valence-electron chi connectivity index (χ0n) is 18.7.